The van der Waals surface area contributed by atoms with Gasteiger partial charge in [0.1, 0.15) is 0 Å². The lowest BCUT2D eigenvalue weighted by Gasteiger charge is -2.32. The van der Waals surface area contributed by atoms with Gasteiger partial charge in [0.05, 0.1) is 0 Å². The van der Waals surface area contributed by atoms with E-state index >= 15 is 0 Å². The summed E-state index contributed by atoms with van der Waals surface area (Å²) in [5.74, 6) is 0. The van der Waals surface area contributed by atoms with E-state index in [4.69, 9.17) is 12.2 Å². The Morgan fingerprint density at radius 3 is 2.52 bits per heavy atom. The highest BCUT2D eigenvalue weighted by atomic mass is 32.1. The first kappa shape index (κ1) is 19.6. The van der Waals surface area contributed by atoms with Crippen LogP contribution in [0.4, 0.5) is 5.69 Å². The summed E-state index contributed by atoms with van der Waals surface area (Å²) in [6.45, 7) is 7.31. The molecular formula is C23H26N2S2. The molecule has 1 atom stereocenters. The molecule has 0 spiro atoms. The van der Waals surface area contributed by atoms with Crippen LogP contribution in [0, 0.1) is 13.8 Å². The van der Waals surface area contributed by atoms with Crippen molar-refractivity contribution in [2.75, 3.05) is 5.32 Å². The summed E-state index contributed by atoms with van der Waals surface area (Å²) in [6, 6.07) is 21.4. The van der Waals surface area contributed by atoms with E-state index in [2.05, 4.69) is 97.0 Å². The molecule has 0 aliphatic heterocycles. The quantitative estimate of drug-likeness (QED) is 0.501. The van der Waals surface area contributed by atoms with Crippen LogP contribution in [0.15, 0.2) is 66.0 Å². The molecule has 2 aromatic carbocycles. The van der Waals surface area contributed by atoms with Gasteiger partial charge >= 0.3 is 0 Å². The average molecular weight is 395 g/mol. The molecule has 3 aromatic rings. The Kier molecular flexibility index (Phi) is 6.64. The highest BCUT2D eigenvalue weighted by Gasteiger charge is 2.19. The molecule has 4 heteroatoms. The molecule has 2 nitrogen and oxygen atoms in total. The van der Waals surface area contributed by atoms with Gasteiger partial charge in [-0.3, -0.25) is 0 Å². The molecule has 0 radical (unpaired) electrons. The zero-order valence-corrected chi connectivity index (χ0v) is 17.7. The number of hydrogen-bond acceptors (Lipinski definition) is 2. The van der Waals surface area contributed by atoms with Gasteiger partial charge in [-0.1, -0.05) is 48.5 Å². The van der Waals surface area contributed by atoms with Gasteiger partial charge in [-0.25, -0.2) is 0 Å². The van der Waals surface area contributed by atoms with E-state index in [1.807, 2.05) is 0 Å². The van der Waals surface area contributed by atoms with Gasteiger partial charge in [-0.05, 0) is 67.2 Å². The average Bonchev–Trinajstić information content (AvgIpc) is 3.17. The molecule has 1 aromatic heterocycles. The van der Waals surface area contributed by atoms with Gasteiger partial charge in [0.2, 0.25) is 0 Å². The van der Waals surface area contributed by atoms with E-state index in [0.29, 0.717) is 6.04 Å². The lowest BCUT2D eigenvalue weighted by atomic mass is 10.1. The summed E-state index contributed by atoms with van der Waals surface area (Å²) in [6.07, 6.45) is 0.985. The van der Waals surface area contributed by atoms with Gasteiger partial charge in [0, 0.05) is 29.6 Å². The molecular weight excluding hydrogens is 368 g/mol. The van der Waals surface area contributed by atoms with Crippen LogP contribution in [0.25, 0.3) is 0 Å². The van der Waals surface area contributed by atoms with E-state index in [9.17, 15) is 0 Å². The number of anilines is 1. The van der Waals surface area contributed by atoms with Crippen molar-refractivity contribution in [2.24, 2.45) is 0 Å². The zero-order chi connectivity index (χ0) is 19.2. The van der Waals surface area contributed by atoms with Crippen LogP contribution < -0.4 is 5.32 Å². The maximum absolute atomic E-state index is 5.85. The Hall–Kier alpha value is -2.17. The second-order valence-corrected chi connectivity index (χ2v) is 8.34. The zero-order valence-electron chi connectivity index (χ0n) is 16.1. The Bertz CT molecular complexity index is 873. The van der Waals surface area contributed by atoms with Crippen LogP contribution >= 0.6 is 23.6 Å². The maximum Gasteiger partial charge on any atom is 0.173 e. The molecule has 0 bridgehead atoms. The van der Waals surface area contributed by atoms with Crippen molar-refractivity contribution in [3.63, 3.8) is 0 Å². The highest BCUT2D eigenvalue weighted by Crippen LogP contribution is 2.21. The van der Waals surface area contributed by atoms with E-state index in [0.717, 1.165) is 23.8 Å². The summed E-state index contributed by atoms with van der Waals surface area (Å²) in [4.78, 5) is 3.68. The Balaban J connectivity index is 1.81. The molecule has 1 N–H and O–H groups in total. The third-order valence-electron chi connectivity index (χ3n) is 4.91. The smallest absolute Gasteiger partial charge is 0.173 e. The first-order valence-electron chi connectivity index (χ1n) is 9.24. The molecule has 0 saturated heterocycles. The van der Waals surface area contributed by atoms with Crippen LogP contribution in [0.3, 0.4) is 0 Å². The van der Waals surface area contributed by atoms with E-state index in [1.54, 1.807) is 11.3 Å². The molecule has 27 heavy (non-hydrogen) atoms. The van der Waals surface area contributed by atoms with Crippen LogP contribution in [0.5, 0.6) is 0 Å². The van der Waals surface area contributed by atoms with Crippen molar-refractivity contribution < 1.29 is 0 Å². The van der Waals surface area contributed by atoms with Gasteiger partial charge in [0.15, 0.2) is 5.11 Å². The number of hydrogen-bond donors (Lipinski definition) is 1. The number of benzene rings is 2. The first-order chi connectivity index (χ1) is 13.0. The van der Waals surface area contributed by atoms with Crippen molar-refractivity contribution in [1.82, 2.24) is 4.90 Å². The Morgan fingerprint density at radius 2 is 1.81 bits per heavy atom. The van der Waals surface area contributed by atoms with Crippen LogP contribution in [-0.4, -0.2) is 16.1 Å². The third-order valence-corrected chi connectivity index (χ3v) is 6.15. The lowest BCUT2D eigenvalue weighted by Crippen LogP contribution is -2.41. The number of nitrogens with zero attached hydrogens (tertiary/aromatic N) is 1. The number of rotatable bonds is 6. The minimum Gasteiger partial charge on any atom is -0.342 e. The van der Waals surface area contributed by atoms with E-state index in [-0.39, 0.29) is 0 Å². The molecule has 0 fully saturated rings. The molecule has 0 aliphatic carbocycles. The monoisotopic (exact) mass is 394 g/mol. The largest absolute Gasteiger partial charge is 0.342 e. The molecule has 140 valence electrons. The van der Waals surface area contributed by atoms with Crippen molar-refractivity contribution in [3.05, 3.63) is 87.6 Å². The number of nitrogens with one attached hydrogen (secondary N) is 1. The summed E-state index contributed by atoms with van der Waals surface area (Å²) >= 11 is 7.65. The van der Waals surface area contributed by atoms with Crippen LogP contribution in [-0.2, 0) is 13.0 Å². The van der Waals surface area contributed by atoms with Crippen molar-refractivity contribution >= 4 is 34.4 Å². The molecule has 1 heterocycles. The van der Waals surface area contributed by atoms with Crippen molar-refractivity contribution in [2.45, 2.75) is 39.8 Å². The minimum absolute atomic E-state index is 0.300. The summed E-state index contributed by atoms with van der Waals surface area (Å²) in [7, 11) is 0. The standard InChI is InChI=1S/C23H26N2S2/c1-17-9-7-13-22(19(17)3)24-23(26)25(16-20-10-5-4-6-11-20)18(2)15-21-12-8-14-27-21/h4-14,18H,15-16H2,1-3H3,(H,24,26)/t18-/m0/s1. The van der Waals surface area contributed by atoms with E-state index in [1.165, 1.54) is 21.6 Å². The third kappa shape index (κ3) is 5.18. The predicted molar refractivity (Wildman–Crippen MR) is 122 cm³/mol. The van der Waals surface area contributed by atoms with Gasteiger partial charge in [0.25, 0.3) is 0 Å². The van der Waals surface area contributed by atoms with Crippen LogP contribution in [0.2, 0.25) is 0 Å². The van der Waals surface area contributed by atoms with Gasteiger partial charge < -0.3 is 10.2 Å². The maximum atomic E-state index is 5.85. The van der Waals surface area contributed by atoms with E-state index < -0.39 is 0 Å². The van der Waals surface area contributed by atoms with Gasteiger partial charge in [-0.2, -0.15) is 0 Å². The fourth-order valence-corrected chi connectivity index (χ4v) is 4.29. The number of aryl methyl sites for hydroxylation is 1. The number of thiophene rings is 1. The summed E-state index contributed by atoms with van der Waals surface area (Å²) < 4.78 is 0. The first-order valence-corrected chi connectivity index (χ1v) is 10.5. The number of thiocarbonyl (C=S) groups is 1. The molecule has 3 rings (SSSR count). The predicted octanol–water partition coefficient (Wildman–Crippen LogP) is 6.20. The fraction of sp³-hybridized carbons (Fsp3) is 0.261. The summed E-state index contributed by atoms with van der Waals surface area (Å²) in [5.41, 5.74) is 4.86. The highest BCUT2D eigenvalue weighted by molar-refractivity contribution is 7.80. The Labute approximate surface area is 171 Å². The van der Waals surface area contributed by atoms with Crippen molar-refractivity contribution in [3.8, 4) is 0 Å². The Morgan fingerprint density at radius 1 is 1.04 bits per heavy atom. The normalized spacial score (nSPS) is 11.8. The fourth-order valence-electron chi connectivity index (χ4n) is 3.11. The molecule has 0 unspecified atom stereocenters. The second kappa shape index (κ2) is 9.16. The SMILES string of the molecule is Cc1cccc(NC(=S)N(Cc2ccccc2)[C@@H](C)Cc2cccs2)c1C. The van der Waals surface area contributed by atoms with Crippen molar-refractivity contribution in [1.29, 1.82) is 0 Å². The van der Waals surface area contributed by atoms with Crippen LogP contribution in [0.1, 0.15) is 28.5 Å². The van der Waals surface area contributed by atoms with Gasteiger partial charge in [-0.15, -0.1) is 11.3 Å². The molecule has 0 amide bonds. The minimum atomic E-state index is 0.300. The second-order valence-electron chi connectivity index (χ2n) is 6.92. The summed E-state index contributed by atoms with van der Waals surface area (Å²) in [5, 5.41) is 6.40. The molecule has 0 aliphatic rings. The lowest BCUT2D eigenvalue weighted by molar-refractivity contribution is 0.326. The topological polar surface area (TPSA) is 15.3 Å². The molecule has 0 saturated carbocycles.